The van der Waals surface area contributed by atoms with Crippen LogP contribution < -0.4 is 9.91 Å². The van der Waals surface area contributed by atoms with Gasteiger partial charge in [0.15, 0.2) is 11.7 Å². The van der Waals surface area contributed by atoms with Crippen molar-refractivity contribution in [2.24, 2.45) is 4.99 Å². The molecule has 0 saturated carbocycles. The predicted octanol–water partition coefficient (Wildman–Crippen LogP) is 3.36. The van der Waals surface area contributed by atoms with Crippen molar-refractivity contribution in [3.63, 3.8) is 0 Å². The fourth-order valence-electron chi connectivity index (χ4n) is 3.70. The highest BCUT2D eigenvalue weighted by atomic mass is 35.5. The van der Waals surface area contributed by atoms with Crippen molar-refractivity contribution in [1.82, 2.24) is 19.6 Å². The summed E-state index contributed by atoms with van der Waals surface area (Å²) in [5.41, 5.74) is 2.70. The summed E-state index contributed by atoms with van der Waals surface area (Å²) in [6.07, 6.45) is 1.84. The Balaban J connectivity index is 1.40. The Labute approximate surface area is 169 Å². The lowest BCUT2D eigenvalue weighted by molar-refractivity contribution is 0.369. The Hall–Kier alpha value is -3.59. The molecule has 3 aromatic rings. The summed E-state index contributed by atoms with van der Waals surface area (Å²) in [5.74, 6) is 1.69. The quantitative estimate of drug-likeness (QED) is 0.601. The Bertz CT molecular complexity index is 1180. The van der Waals surface area contributed by atoms with Gasteiger partial charge in [-0.2, -0.15) is 4.98 Å². The second kappa shape index (κ2) is 5.95. The zero-order chi connectivity index (χ0) is 19.5. The van der Waals surface area contributed by atoms with Gasteiger partial charge in [-0.25, -0.2) is 19.4 Å². The lowest BCUT2D eigenvalue weighted by atomic mass is 10.1. The van der Waals surface area contributed by atoms with Crippen molar-refractivity contribution in [2.75, 3.05) is 23.2 Å². The highest BCUT2D eigenvalue weighted by Crippen LogP contribution is 2.40. The first kappa shape index (κ1) is 16.4. The van der Waals surface area contributed by atoms with Gasteiger partial charge in [-0.3, -0.25) is 4.42 Å². The molecule has 0 saturated heterocycles. The van der Waals surface area contributed by atoms with Crippen LogP contribution in [0.25, 0.3) is 11.4 Å². The summed E-state index contributed by atoms with van der Waals surface area (Å²) in [5, 5.41) is 7.76. The summed E-state index contributed by atoms with van der Waals surface area (Å²) >= 11 is 6.28. The Morgan fingerprint density at radius 2 is 1.90 bits per heavy atom. The van der Waals surface area contributed by atoms with E-state index in [1.54, 1.807) is 21.6 Å². The van der Waals surface area contributed by atoms with E-state index in [1.807, 2.05) is 35.5 Å². The number of para-hydroxylation sites is 1. The maximum absolute atomic E-state index is 13.2. The van der Waals surface area contributed by atoms with Gasteiger partial charge in [-0.1, -0.05) is 17.3 Å². The first-order valence-electron chi connectivity index (χ1n) is 8.92. The van der Waals surface area contributed by atoms with E-state index in [0.29, 0.717) is 24.7 Å². The van der Waals surface area contributed by atoms with Crippen molar-refractivity contribution in [3.8, 4) is 11.4 Å². The highest BCUT2D eigenvalue weighted by Gasteiger charge is 2.43. The average molecular weight is 410 g/mol. The van der Waals surface area contributed by atoms with E-state index in [-0.39, 0.29) is 11.8 Å². The molecule has 8 nitrogen and oxygen atoms in total. The molecule has 0 spiro atoms. The van der Waals surface area contributed by atoms with Gasteiger partial charge in [0.05, 0.1) is 11.9 Å². The fraction of sp³-hybridized carbons (Fsp3) is 0.105. The molecule has 0 atom stereocenters. The van der Waals surface area contributed by atoms with Crippen molar-refractivity contribution in [2.45, 2.75) is 0 Å². The molecule has 0 N–H and O–H groups in total. The number of amidine groups is 1. The summed E-state index contributed by atoms with van der Waals surface area (Å²) in [4.78, 5) is 11.3. The molecule has 0 unspecified atom stereocenters. The molecule has 0 amide bonds. The lowest BCUT2D eigenvalue weighted by Crippen LogP contribution is -2.49. The molecule has 3 aliphatic heterocycles. The maximum atomic E-state index is 13.2. The van der Waals surface area contributed by atoms with Gasteiger partial charge in [-0.15, -0.1) is 0 Å². The van der Waals surface area contributed by atoms with Gasteiger partial charge in [-0.05, 0) is 36.4 Å². The number of halogens is 2. The molecule has 0 aliphatic carbocycles. The van der Waals surface area contributed by atoms with E-state index in [4.69, 9.17) is 21.3 Å². The van der Waals surface area contributed by atoms with Crippen LogP contribution >= 0.6 is 11.8 Å². The van der Waals surface area contributed by atoms with E-state index < -0.39 is 0 Å². The summed E-state index contributed by atoms with van der Waals surface area (Å²) in [6, 6.07) is 14.3. The molecule has 6 rings (SSSR count). The molecule has 0 fully saturated rings. The van der Waals surface area contributed by atoms with Crippen LogP contribution in [0.15, 0.2) is 70.1 Å². The zero-order valence-electron chi connectivity index (χ0n) is 14.9. The molecular weight excluding hydrogens is 397 g/mol. The molecule has 29 heavy (non-hydrogen) atoms. The van der Waals surface area contributed by atoms with E-state index in [9.17, 15) is 4.39 Å². The number of nitrogens with zero attached hydrogens (tertiary/aromatic N) is 7. The van der Waals surface area contributed by atoms with Gasteiger partial charge >= 0.3 is 6.01 Å². The van der Waals surface area contributed by atoms with Crippen LogP contribution in [-0.4, -0.2) is 38.7 Å². The minimum Gasteiger partial charge on any atom is -0.313 e. The van der Waals surface area contributed by atoms with Crippen LogP contribution in [0.2, 0.25) is 0 Å². The van der Waals surface area contributed by atoms with Crippen LogP contribution in [0.1, 0.15) is 5.56 Å². The van der Waals surface area contributed by atoms with Crippen LogP contribution in [0.4, 0.5) is 16.1 Å². The third-order valence-corrected chi connectivity index (χ3v) is 5.20. The number of hydrazine groups is 1. The standard InChI is InChI=1S/C19H13ClFN7O/c20-25-9-16-26(11-25)15-4-2-1-3-14(15)18-22-10-27(28(16)18)19-23-17(24-29-19)12-5-7-13(21)8-6-12/h1-9H,10-11H2. The number of hydrogen-bond donors (Lipinski definition) is 0. The normalized spacial score (nSPS) is 17.2. The first-order chi connectivity index (χ1) is 14.2. The number of rotatable bonds is 2. The van der Waals surface area contributed by atoms with Crippen molar-refractivity contribution < 1.29 is 8.91 Å². The van der Waals surface area contributed by atoms with E-state index in [1.165, 1.54) is 12.1 Å². The van der Waals surface area contributed by atoms with Gasteiger partial charge in [0, 0.05) is 22.9 Å². The number of anilines is 2. The van der Waals surface area contributed by atoms with Gasteiger partial charge in [0.1, 0.15) is 19.2 Å². The molecule has 144 valence electrons. The van der Waals surface area contributed by atoms with E-state index in [2.05, 4.69) is 15.0 Å². The number of fused-ring (bicyclic) bond motifs is 6. The summed E-state index contributed by atoms with van der Waals surface area (Å²) in [6.45, 7) is 0.832. The second-order valence-electron chi connectivity index (χ2n) is 6.72. The van der Waals surface area contributed by atoms with Crippen LogP contribution in [0.3, 0.4) is 0 Å². The van der Waals surface area contributed by atoms with Crippen LogP contribution in [0.5, 0.6) is 0 Å². The van der Waals surface area contributed by atoms with Gasteiger partial charge in [0.25, 0.3) is 0 Å². The largest absolute Gasteiger partial charge is 0.345 e. The molecule has 1 aromatic heterocycles. The smallest absolute Gasteiger partial charge is 0.313 e. The molecular formula is C19H13ClFN7O. The topological polar surface area (TPSA) is 64.2 Å². The molecule has 2 aromatic carbocycles. The van der Waals surface area contributed by atoms with Crippen LogP contribution in [0, 0.1) is 5.82 Å². The predicted molar refractivity (Wildman–Crippen MR) is 105 cm³/mol. The molecule has 0 bridgehead atoms. The van der Waals surface area contributed by atoms with Gasteiger partial charge < -0.3 is 9.42 Å². The third-order valence-electron chi connectivity index (χ3n) is 5.00. The van der Waals surface area contributed by atoms with E-state index >= 15 is 0 Å². The number of aliphatic imine (C=N–C) groups is 1. The Morgan fingerprint density at radius 1 is 1.07 bits per heavy atom. The minimum atomic E-state index is -0.319. The highest BCUT2D eigenvalue weighted by molar-refractivity contribution is 6.15. The average Bonchev–Trinajstić information content (AvgIpc) is 3.45. The SMILES string of the molecule is Fc1ccc(-c2noc(N3CN=C4c5ccccc5N5CN(Cl)C=C5N43)n2)cc1. The zero-order valence-corrected chi connectivity index (χ0v) is 15.7. The number of benzene rings is 2. The van der Waals surface area contributed by atoms with Crippen molar-refractivity contribution in [3.05, 3.63) is 71.9 Å². The van der Waals surface area contributed by atoms with Crippen molar-refractivity contribution in [1.29, 1.82) is 0 Å². The fourth-order valence-corrected chi connectivity index (χ4v) is 3.90. The second-order valence-corrected chi connectivity index (χ2v) is 7.15. The van der Waals surface area contributed by atoms with Gasteiger partial charge in [0.2, 0.25) is 5.82 Å². The van der Waals surface area contributed by atoms with Crippen molar-refractivity contribution >= 4 is 29.3 Å². The molecule has 0 radical (unpaired) electrons. The summed E-state index contributed by atoms with van der Waals surface area (Å²) < 4.78 is 20.3. The summed E-state index contributed by atoms with van der Waals surface area (Å²) in [7, 11) is 0. The number of hydrogen-bond acceptors (Lipinski definition) is 8. The lowest BCUT2D eigenvalue weighted by Gasteiger charge is -2.38. The maximum Gasteiger partial charge on any atom is 0.345 e. The van der Waals surface area contributed by atoms with E-state index in [0.717, 1.165) is 22.9 Å². The minimum absolute atomic E-state index is 0.288. The molecule has 3 aliphatic rings. The molecule has 10 heteroatoms. The third kappa shape index (κ3) is 2.40. The Kier molecular flexibility index (Phi) is 3.36. The monoisotopic (exact) mass is 409 g/mol. The molecule has 4 heterocycles. The number of aromatic nitrogens is 2. The van der Waals surface area contributed by atoms with Crippen LogP contribution in [-0.2, 0) is 0 Å². The first-order valence-corrected chi connectivity index (χ1v) is 9.26. The Morgan fingerprint density at radius 3 is 2.76 bits per heavy atom.